The Labute approximate surface area is 77.1 Å². The average Bonchev–Trinajstić information content (AvgIpc) is 2.27. The maximum absolute atomic E-state index is 12.8. The Morgan fingerprint density at radius 2 is 2.07 bits per heavy atom. The van der Waals surface area contributed by atoms with Gasteiger partial charge in [-0.25, -0.2) is 4.39 Å². The number of aromatic amines is 1. The van der Waals surface area contributed by atoms with Gasteiger partial charge in [0.15, 0.2) is 0 Å². The van der Waals surface area contributed by atoms with E-state index in [1.807, 2.05) is 0 Å². The van der Waals surface area contributed by atoms with E-state index in [-0.39, 0.29) is 5.52 Å². The van der Waals surface area contributed by atoms with Gasteiger partial charge >= 0.3 is 0 Å². The molecule has 0 saturated carbocycles. The fourth-order valence-electron chi connectivity index (χ4n) is 1.09. The summed E-state index contributed by atoms with van der Waals surface area (Å²) in [6.07, 6.45) is 0.916. The van der Waals surface area contributed by atoms with Gasteiger partial charge in [0.25, 0.3) is 11.0 Å². The molecule has 0 amide bonds. The lowest BCUT2D eigenvalue weighted by atomic mass is 10.3. The molecular formula is C9H5FN2O2. The van der Waals surface area contributed by atoms with Crippen molar-refractivity contribution < 1.29 is 4.39 Å². The smallest absolute Gasteiger partial charge is 0.297 e. The SMILES string of the molecule is O=c1cnc2ccc(F)cc2[nH]c1=O. The zero-order valence-electron chi connectivity index (χ0n) is 6.95. The predicted molar refractivity (Wildman–Crippen MR) is 48.6 cm³/mol. The van der Waals surface area contributed by atoms with Crippen molar-refractivity contribution in [1.29, 1.82) is 0 Å². The normalized spacial score (nSPS) is 10.4. The van der Waals surface area contributed by atoms with Crippen LogP contribution < -0.4 is 11.0 Å². The van der Waals surface area contributed by atoms with Crippen LogP contribution in [0.25, 0.3) is 11.0 Å². The van der Waals surface area contributed by atoms with Crippen LogP contribution in [0.4, 0.5) is 4.39 Å². The van der Waals surface area contributed by atoms with Crippen molar-refractivity contribution in [3.05, 3.63) is 50.8 Å². The second kappa shape index (κ2) is 3.02. The molecule has 0 atom stereocenters. The molecule has 0 aliphatic heterocycles. The largest absolute Gasteiger partial charge is 0.317 e. The molecular weight excluding hydrogens is 187 g/mol. The summed E-state index contributed by atoms with van der Waals surface area (Å²) in [5.41, 5.74) is -0.984. The molecule has 4 nitrogen and oxygen atoms in total. The first-order valence-electron chi connectivity index (χ1n) is 3.86. The molecule has 0 saturated heterocycles. The second-order valence-electron chi connectivity index (χ2n) is 2.74. The monoisotopic (exact) mass is 192 g/mol. The minimum atomic E-state index is -0.807. The maximum atomic E-state index is 12.8. The van der Waals surface area contributed by atoms with Crippen LogP contribution in [0, 0.1) is 5.82 Å². The Morgan fingerprint density at radius 1 is 1.29 bits per heavy atom. The first-order chi connectivity index (χ1) is 6.66. The van der Waals surface area contributed by atoms with E-state index in [4.69, 9.17) is 0 Å². The van der Waals surface area contributed by atoms with Gasteiger partial charge in [-0.05, 0) is 18.2 Å². The lowest BCUT2D eigenvalue weighted by Crippen LogP contribution is -2.22. The van der Waals surface area contributed by atoms with Crippen LogP contribution in [0.5, 0.6) is 0 Å². The van der Waals surface area contributed by atoms with Gasteiger partial charge in [-0.1, -0.05) is 0 Å². The number of aromatic nitrogens is 2. The number of fused-ring (bicyclic) bond motifs is 1. The number of rotatable bonds is 0. The third kappa shape index (κ3) is 1.39. The van der Waals surface area contributed by atoms with E-state index in [2.05, 4.69) is 9.97 Å². The number of hydrogen-bond acceptors (Lipinski definition) is 3. The number of halogens is 1. The molecule has 1 heterocycles. The molecule has 1 N–H and O–H groups in total. The highest BCUT2D eigenvalue weighted by Crippen LogP contribution is 2.06. The molecule has 0 spiro atoms. The number of benzene rings is 1. The number of nitrogens with one attached hydrogen (secondary N) is 1. The van der Waals surface area contributed by atoms with E-state index in [9.17, 15) is 14.0 Å². The highest BCUT2D eigenvalue weighted by Gasteiger charge is 1.97. The Bertz CT molecular complexity index is 606. The third-order valence-electron chi connectivity index (χ3n) is 1.75. The minimum Gasteiger partial charge on any atom is -0.317 e. The Balaban J connectivity index is 3.01. The minimum absolute atomic E-state index is 0.206. The lowest BCUT2D eigenvalue weighted by molar-refractivity contribution is 0.629. The second-order valence-corrected chi connectivity index (χ2v) is 2.74. The molecule has 2 rings (SSSR count). The van der Waals surface area contributed by atoms with Crippen LogP contribution in [0.1, 0.15) is 0 Å². The zero-order valence-corrected chi connectivity index (χ0v) is 6.95. The first kappa shape index (κ1) is 8.55. The lowest BCUT2D eigenvalue weighted by Gasteiger charge is -1.89. The molecule has 1 aromatic heterocycles. The van der Waals surface area contributed by atoms with Gasteiger partial charge in [0.2, 0.25) is 0 Å². The highest BCUT2D eigenvalue weighted by atomic mass is 19.1. The first-order valence-corrected chi connectivity index (χ1v) is 3.86. The van der Waals surface area contributed by atoms with E-state index in [0.717, 1.165) is 12.3 Å². The molecule has 70 valence electrons. The summed E-state index contributed by atoms with van der Waals surface area (Å²) in [5, 5.41) is 0. The number of nitrogens with zero attached hydrogens (tertiary/aromatic N) is 1. The van der Waals surface area contributed by atoms with Crippen molar-refractivity contribution in [3.8, 4) is 0 Å². The van der Waals surface area contributed by atoms with Gasteiger partial charge in [0, 0.05) is 0 Å². The van der Waals surface area contributed by atoms with Crippen molar-refractivity contribution in [2.45, 2.75) is 0 Å². The molecule has 2 aromatic rings. The molecule has 1 aromatic carbocycles. The van der Waals surface area contributed by atoms with Gasteiger partial charge in [-0.3, -0.25) is 14.6 Å². The van der Waals surface area contributed by atoms with E-state index in [1.165, 1.54) is 12.1 Å². The summed E-state index contributed by atoms with van der Waals surface area (Å²) in [7, 11) is 0. The molecule has 0 bridgehead atoms. The molecule has 0 aliphatic carbocycles. The van der Waals surface area contributed by atoms with E-state index >= 15 is 0 Å². The molecule has 0 radical (unpaired) electrons. The van der Waals surface area contributed by atoms with Crippen molar-refractivity contribution in [3.63, 3.8) is 0 Å². The maximum Gasteiger partial charge on any atom is 0.297 e. The van der Waals surface area contributed by atoms with E-state index < -0.39 is 16.8 Å². The van der Waals surface area contributed by atoms with Gasteiger partial charge in [-0.15, -0.1) is 0 Å². The summed E-state index contributed by atoms with van der Waals surface area (Å²) < 4.78 is 12.8. The van der Waals surface area contributed by atoms with Gasteiger partial charge in [-0.2, -0.15) is 0 Å². The quantitative estimate of drug-likeness (QED) is 0.615. The van der Waals surface area contributed by atoms with Crippen LogP contribution in [-0.4, -0.2) is 9.97 Å². The van der Waals surface area contributed by atoms with Crippen molar-refractivity contribution in [2.75, 3.05) is 0 Å². The summed E-state index contributed by atoms with van der Waals surface area (Å²) in [6, 6.07) is 3.71. The number of H-pyrrole nitrogens is 1. The molecule has 0 aliphatic rings. The summed E-state index contributed by atoms with van der Waals surface area (Å²) in [4.78, 5) is 27.9. The topological polar surface area (TPSA) is 62.8 Å². The summed E-state index contributed by atoms with van der Waals surface area (Å²) >= 11 is 0. The van der Waals surface area contributed by atoms with Crippen molar-refractivity contribution in [1.82, 2.24) is 9.97 Å². The molecule has 0 unspecified atom stereocenters. The standard InChI is InChI=1S/C9H5FN2O2/c10-5-1-2-6-7(3-5)12-9(14)8(13)4-11-6/h1-4H,(H,12,13,14). The Morgan fingerprint density at radius 3 is 2.86 bits per heavy atom. The van der Waals surface area contributed by atoms with Crippen LogP contribution in [-0.2, 0) is 0 Å². The van der Waals surface area contributed by atoms with Gasteiger partial charge in [0.05, 0.1) is 17.2 Å². The highest BCUT2D eigenvalue weighted by molar-refractivity contribution is 5.72. The van der Waals surface area contributed by atoms with Gasteiger partial charge in [0.1, 0.15) is 5.82 Å². The molecule has 14 heavy (non-hydrogen) atoms. The molecule has 0 fully saturated rings. The van der Waals surface area contributed by atoms with Crippen LogP contribution in [0.2, 0.25) is 0 Å². The third-order valence-corrected chi connectivity index (χ3v) is 1.75. The summed E-state index contributed by atoms with van der Waals surface area (Å²) in [5.74, 6) is -0.492. The van der Waals surface area contributed by atoms with Crippen molar-refractivity contribution >= 4 is 11.0 Å². The Hall–Kier alpha value is -2.04. The average molecular weight is 192 g/mol. The number of hydrogen-bond donors (Lipinski definition) is 1. The summed E-state index contributed by atoms with van der Waals surface area (Å²) in [6.45, 7) is 0. The molecule has 5 heteroatoms. The van der Waals surface area contributed by atoms with E-state index in [1.54, 1.807) is 0 Å². The fourth-order valence-corrected chi connectivity index (χ4v) is 1.09. The Kier molecular flexibility index (Phi) is 1.85. The van der Waals surface area contributed by atoms with Crippen LogP contribution in [0.15, 0.2) is 34.0 Å². The fraction of sp³-hybridized carbons (Fsp3) is 0. The zero-order chi connectivity index (χ0) is 10.1. The predicted octanol–water partition coefficient (Wildman–Crippen LogP) is 0.422. The van der Waals surface area contributed by atoms with Crippen LogP contribution in [0.3, 0.4) is 0 Å². The van der Waals surface area contributed by atoms with E-state index in [0.29, 0.717) is 5.52 Å². The van der Waals surface area contributed by atoms with Gasteiger partial charge < -0.3 is 4.98 Å². The van der Waals surface area contributed by atoms with Crippen molar-refractivity contribution in [2.24, 2.45) is 0 Å². The van der Waals surface area contributed by atoms with Crippen LogP contribution >= 0.6 is 0 Å².